The Balaban J connectivity index is 1.79. The highest BCUT2D eigenvalue weighted by atomic mass is 32.2. The van der Waals surface area contributed by atoms with Crippen LogP contribution in [0.15, 0.2) is 89.8 Å². The van der Waals surface area contributed by atoms with E-state index in [1.54, 1.807) is 11.8 Å². The Morgan fingerprint density at radius 3 is 2.31 bits per heavy atom. The first kappa shape index (κ1) is 22.4. The summed E-state index contributed by atoms with van der Waals surface area (Å²) >= 11 is 1.78. The summed E-state index contributed by atoms with van der Waals surface area (Å²) in [6.45, 7) is 3.79. The normalized spacial score (nSPS) is 12.3. The van der Waals surface area contributed by atoms with E-state index in [0.717, 1.165) is 12.3 Å². The topological polar surface area (TPSA) is 12.5 Å². The van der Waals surface area contributed by atoms with E-state index in [1.165, 1.54) is 37.9 Å². The molecule has 1 atom stereocenters. The highest BCUT2D eigenvalue weighted by molar-refractivity contribution is 7.98. The van der Waals surface area contributed by atoms with Crippen LogP contribution in [0, 0.1) is 6.92 Å². The number of likely N-dealkylation sites (N-methyl/N-ethyl adjacent to an activating group) is 1. The minimum Gasteiger partial charge on any atom is -0.492 e. The molecule has 0 N–H and O–H groups in total. The molecular weight excluding hydrogens is 410 g/mol. The summed E-state index contributed by atoms with van der Waals surface area (Å²) in [5.41, 5.74) is 5.21. The first-order valence-electron chi connectivity index (χ1n) is 11.1. The number of thioether (sulfide) groups is 1. The average Bonchev–Trinajstić information content (AvgIpc) is 2.81. The van der Waals surface area contributed by atoms with E-state index in [9.17, 15) is 0 Å². The summed E-state index contributed by atoms with van der Waals surface area (Å²) in [5.74, 6) is 1.09. The monoisotopic (exact) mass is 441 g/mol. The predicted octanol–water partition coefficient (Wildman–Crippen LogP) is 6.99. The third-order valence-corrected chi connectivity index (χ3v) is 6.69. The number of ether oxygens (including phenoxy) is 1. The third kappa shape index (κ3) is 5.01. The van der Waals surface area contributed by atoms with Crippen molar-refractivity contribution in [1.82, 2.24) is 4.90 Å². The van der Waals surface area contributed by atoms with Crippen LogP contribution < -0.4 is 4.74 Å². The lowest BCUT2D eigenvalue weighted by Crippen LogP contribution is -2.19. The van der Waals surface area contributed by atoms with Crippen LogP contribution >= 0.6 is 11.8 Å². The van der Waals surface area contributed by atoms with Crippen molar-refractivity contribution >= 4 is 22.5 Å². The Bertz CT molecular complexity index is 1180. The Kier molecular flexibility index (Phi) is 7.19. The molecule has 32 heavy (non-hydrogen) atoms. The highest BCUT2D eigenvalue weighted by Gasteiger charge is 2.21. The number of hydrogen-bond donors (Lipinski definition) is 0. The maximum Gasteiger partial charge on any atom is 0.119 e. The Morgan fingerprint density at radius 2 is 1.59 bits per heavy atom. The molecule has 0 saturated carbocycles. The van der Waals surface area contributed by atoms with Crippen molar-refractivity contribution in [3.8, 4) is 5.75 Å². The van der Waals surface area contributed by atoms with Crippen LogP contribution in [0.25, 0.3) is 10.8 Å². The highest BCUT2D eigenvalue weighted by Crippen LogP contribution is 2.38. The van der Waals surface area contributed by atoms with E-state index in [2.05, 4.69) is 117 Å². The van der Waals surface area contributed by atoms with Crippen LogP contribution in [0.1, 0.15) is 28.2 Å². The largest absolute Gasteiger partial charge is 0.492 e. The second-order valence-corrected chi connectivity index (χ2v) is 9.32. The molecule has 0 bridgehead atoms. The van der Waals surface area contributed by atoms with Crippen LogP contribution in [0.4, 0.5) is 0 Å². The van der Waals surface area contributed by atoms with Crippen molar-refractivity contribution in [3.63, 3.8) is 0 Å². The molecule has 2 nitrogen and oxygen atoms in total. The van der Waals surface area contributed by atoms with Crippen LogP contribution in [-0.4, -0.2) is 38.4 Å². The van der Waals surface area contributed by atoms with Gasteiger partial charge in [-0.05, 0) is 84.6 Å². The molecule has 0 saturated heterocycles. The van der Waals surface area contributed by atoms with E-state index in [-0.39, 0.29) is 5.92 Å². The maximum absolute atomic E-state index is 6.00. The first-order valence-corrected chi connectivity index (χ1v) is 12.3. The van der Waals surface area contributed by atoms with Crippen molar-refractivity contribution in [2.24, 2.45) is 0 Å². The molecule has 164 valence electrons. The summed E-state index contributed by atoms with van der Waals surface area (Å²) in [7, 11) is 4.13. The van der Waals surface area contributed by atoms with Crippen LogP contribution in [0.3, 0.4) is 0 Å². The van der Waals surface area contributed by atoms with Crippen LogP contribution in [0.5, 0.6) is 5.75 Å². The van der Waals surface area contributed by atoms with Crippen molar-refractivity contribution in [1.29, 1.82) is 0 Å². The van der Waals surface area contributed by atoms with Crippen LogP contribution in [-0.2, 0) is 0 Å². The van der Waals surface area contributed by atoms with Gasteiger partial charge in [0.05, 0.1) is 0 Å². The number of rotatable bonds is 8. The fraction of sp³-hybridized carbons (Fsp3) is 0.241. The zero-order valence-electron chi connectivity index (χ0n) is 19.3. The molecule has 4 aromatic rings. The van der Waals surface area contributed by atoms with Crippen molar-refractivity contribution < 1.29 is 4.74 Å². The molecule has 0 fully saturated rings. The molecule has 0 aromatic heterocycles. The van der Waals surface area contributed by atoms with Gasteiger partial charge in [0.15, 0.2) is 0 Å². The van der Waals surface area contributed by atoms with Gasteiger partial charge in [0.2, 0.25) is 0 Å². The number of fused-ring (bicyclic) bond motifs is 1. The van der Waals surface area contributed by atoms with E-state index in [0.29, 0.717) is 6.61 Å². The van der Waals surface area contributed by atoms with E-state index < -0.39 is 0 Å². The van der Waals surface area contributed by atoms with Crippen molar-refractivity contribution in [2.75, 3.05) is 33.5 Å². The van der Waals surface area contributed by atoms with Crippen molar-refractivity contribution in [3.05, 3.63) is 107 Å². The zero-order chi connectivity index (χ0) is 22.5. The lowest BCUT2D eigenvalue weighted by Gasteiger charge is -2.23. The second-order valence-electron chi connectivity index (χ2n) is 8.44. The molecule has 3 heteroatoms. The summed E-state index contributed by atoms with van der Waals surface area (Å²) in [6.07, 6.45) is 2.12. The van der Waals surface area contributed by atoms with Gasteiger partial charge in [-0.1, -0.05) is 60.7 Å². The van der Waals surface area contributed by atoms with Gasteiger partial charge in [-0.15, -0.1) is 11.8 Å². The van der Waals surface area contributed by atoms with E-state index in [4.69, 9.17) is 4.74 Å². The quantitative estimate of drug-likeness (QED) is 0.216. The maximum atomic E-state index is 6.00. The Morgan fingerprint density at radius 1 is 0.844 bits per heavy atom. The van der Waals surface area contributed by atoms with Gasteiger partial charge < -0.3 is 9.64 Å². The molecule has 1 unspecified atom stereocenters. The summed E-state index contributed by atoms with van der Waals surface area (Å²) in [4.78, 5) is 3.42. The average molecular weight is 442 g/mol. The fourth-order valence-corrected chi connectivity index (χ4v) is 4.64. The van der Waals surface area contributed by atoms with Crippen molar-refractivity contribution in [2.45, 2.75) is 17.7 Å². The molecule has 0 amide bonds. The standard InChI is InChI=1S/C29H31NOS/c1-21-20-24(31-19-18-30(2)3)14-17-26(21)29(23-12-15-25(32-4)16-13-23)28-11-7-9-22-8-5-6-10-27(22)28/h5-17,20,29H,18-19H2,1-4H3. The molecule has 0 radical (unpaired) electrons. The lowest BCUT2D eigenvalue weighted by molar-refractivity contribution is 0.261. The smallest absolute Gasteiger partial charge is 0.119 e. The van der Waals surface area contributed by atoms with Gasteiger partial charge in [-0.25, -0.2) is 0 Å². The Hall–Kier alpha value is -2.75. The third-order valence-electron chi connectivity index (χ3n) is 5.94. The SMILES string of the molecule is CSc1ccc(C(c2ccc(OCCN(C)C)cc2C)c2cccc3ccccc23)cc1. The minimum atomic E-state index is 0.160. The van der Waals surface area contributed by atoms with Gasteiger partial charge in [0.1, 0.15) is 12.4 Å². The minimum absolute atomic E-state index is 0.160. The second kappa shape index (κ2) is 10.2. The zero-order valence-corrected chi connectivity index (χ0v) is 20.2. The number of hydrogen-bond acceptors (Lipinski definition) is 3. The predicted molar refractivity (Wildman–Crippen MR) is 138 cm³/mol. The van der Waals surface area contributed by atoms with Gasteiger partial charge in [0.25, 0.3) is 0 Å². The summed E-state index contributed by atoms with van der Waals surface area (Å²) < 4.78 is 6.00. The van der Waals surface area contributed by atoms with Gasteiger partial charge >= 0.3 is 0 Å². The number of nitrogens with zero attached hydrogens (tertiary/aromatic N) is 1. The lowest BCUT2D eigenvalue weighted by atomic mass is 9.81. The molecule has 0 aliphatic rings. The van der Waals surface area contributed by atoms with Crippen LogP contribution in [0.2, 0.25) is 0 Å². The number of aryl methyl sites for hydroxylation is 1. The molecule has 0 spiro atoms. The first-order chi connectivity index (χ1) is 15.6. The van der Waals surface area contributed by atoms with Gasteiger partial charge in [0, 0.05) is 17.4 Å². The van der Waals surface area contributed by atoms with Gasteiger partial charge in [-0.3, -0.25) is 0 Å². The number of benzene rings is 4. The van der Waals surface area contributed by atoms with E-state index >= 15 is 0 Å². The molecule has 4 rings (SSSR count). The Labute approximate surface area is 196 Å². The molecule has 0 heterocycles. The fourth-order valence-electron chi connectivity index (χ4n) is 4.23. The van der Waals surface area contributed by atoms with E-state index in [1.807, 2.05) is 0 Å². The molecule has 0 aliphatic heterocycles. The summed E-state index contributed by atoms with van der Waals surface area (Å²) in [6, 6.07) is 30.9. The molecule has 4 aromatic carbocycles. The van der Waals surface area contributed by atoms with Gasteiger partial charge in [-0.2, -0.15) is 0 Å². The molecular formula is C29H31NOS. The summed E-state index contributed by atoms with van der Waals surface area (Å²) in [5, 5.41) is 2.58. The molecule has 0 aliphatic carbocycles.